The minimum absolute atomic E-state index is 0.0377. The molecule has 3 aliphatic carbocycles. The Balaban J connectivity index is 1.27. The number of benzene rings is 9. The number of aliphatic hydroxyl groups is 1. The Labute approximate surface area is 334 Å². The average Bonchev–Trinajstić information content (AvgIpc) is 3.29. The van der Waals surface area contributed by atoms with Crippen molar-refractivity contribution in [3.63, 3.8) is 0 Å². The summed E-state index contributed by atoms with van der Waals surface area (Å²) in [7, 11) is 0. The van der Waals surface area contributed by atoms with Gasteiger partial charge >= 0.3 is 0 Å². The lowest BCUT2D eigenvalue weighted by atomic mass is 9.58. The second kappa shape index (κ2) is 13.7. The predicted octanol–water partition coefficient (Wildman–Crippen LogP) is 14.2. The van der Waals surface area contributed by atoms with Crippen LogP contribution in [0.5, 0.6) is 0 Å². The minimum atomic E-state index is -0.497. The van der Waals surface area contributed by atoms with Crippen LogP contribution in [-0.4, -0.2) is 11.2 Å². The highest BCUT2D eigenvalue weighted by Gasteiger charge is 2.46. The molecule has 3 aliphatic rings. The molecule has 0 aromatic heterocycles. The van der Waals surface area contributed by atoms with Gasteiger partial charge in [-0.25, -0.2) is 0 Å². The third kappa shape index (κ3) is 5.50. The van der Waals surface area contributed by atoms with Crippen molar-refractivity contribution in [3.05, 3.63) is 229 Å². The van der Waals surface area contributed by atoms with Gasteiger partial charge in [-0.1, -0.05) is 194 Å². The van der Waals surface area contributed by atoms with Gasteiger partial charge in [-0.2, -0.15) is 0 Å². The molecule has 57 heavy (non-hydrogen) atoms. The van der Waals surface area contributed by atoms with Crippen LogP contribution >= 0.6 is 0 Å². The maximum Gasteiger partial charge on any atom is 0.0658 e. The molecule has 9 aromatic rings. The third-order valence-electron chi connectivity index (χ3n) is 12.5. The maximum absolute atomic E-state index is 12.3. The molecule has 3 atom stereocenters. The first-order chi connectivity index (χ1) is 28.2. The molecule has 0 spiro atoms. The number of hydrogen-bond donors (Lipinski definition) is 1. The second-order valence-corrected chi connectivity index (χ2v) is 15.6. The van der Waals surface area contributed by atoms with Gasteiger partial charge < -0.3 is 5.11 Å². The summed E-state index contributed by atoms with van der Waals surface area (Å²) in [4.78, 5) is 0. The molecular formula is C56H40O. The van der Waals surface area contributed by atoms with E-state index < -0.39 is 6.10 Å². The Kier molecular flexibility index (Phi) is 8.08. The Morgan fingerprint density at radius 3 is 1.23 bits per heavy atom. The van der Waals surface area contributed by atoms with Gasteiger partial charge in [0, 0.05) is 11.8 Å². The summed E-state index contributed by atoms with van der Waals surface area (Å²) in [6.45, 7) is 0. The van der Waals surface area contributed by atoms with Gasteiger partial charge in [-0.3, -0.25) is 0 Å². The van der Waals surface area contributed by atoms with Crippen LogP contribution in [0.4, 0.5) is 0 Å². The number of aliphatic hydroxyl groups excluding tert-OH is 1. The van der Waals surface area contributed by atoms with Gasteiger partial charge in [0.1, 0.15) is 0 Å². The van der Waals surface area contributed by atoms with E-state index in [-0.39, 0.29) is 11.8 Å². The van der Waals surface area contributed by atoms with E-state index in [4.69, 9.17) is 0 Å². The van der Waals surface area contributed by atoms with Crippen LogP contribution in [0, 0.1) is 0 Å². The molecule has 12 rings (SSSR count). The first-order valence-electron chi connectivity index (χ1n) is 20.1. The Morgan fingerprint density at radius 1 is 0.333 bits per heavy atom. The fourth-order valence-corrected chi connectivity index (χ4v) is 10.0. The zero-order valence-corrected chi connectivity index (χ0v) is 31.5. The highest BCUT2D eigenvalue weighted by atomic mass is 16.3. The molecule has 1 nitrogen and oxygen atoms in total. The van der Waals surface area contributed by atoms with E-state index in [2.05, 4.69) is 206 Å². The van der Waals surface area contributed by atoms with Crippen molar-refractivity contribution in [2.45, 2.75) is 24.4 Å². The smallest absolute Gasteiger partial charge is 0.0658 e. The number of rotatable bonds is 6. The summed E-state index contributed by atoms with van der Waals surface area (Å²) < 4.78 is 0. The summed E-state index contributed by atoms with van der Waals surface area (Å²) in [5.74, 6) is -0.128. The molecule has 0 saturated carbocycles. The molecule has 0 amide bonds. The van der Waals surface area contributed by atoms with Gasteiger partial charge in [0.25, 0.3) is 0 Å². The van der Waals surface area contributed by atoms with Crippen molar-refractivity contribution >= 4 is 10.8 Å². The van der Waals surface area contributed by atoms with Gasteiger partial charge in [0.05, 0.1) is 6.10 Å². The Bertz CT molecular complexity index is 2930. The number of fused-ring (bicyclic) bond motifs is 2. The first kappa shape index (κ1) is 33.5. The molecule has 0 radical (unpaired) electrons. The van der Waals surface area contributed by atoms with Crippen LogP contribution in [0.1, 0.15) is 40.5 Å². The maximum atomic E-state index is 12.3. The van der Waals surface area contributed by atoms with Crippen LogP contribution in [0.3, 0.4) is 0 Å². The van der Waals surface area contributed by atoms with Crippen molar-refractivity contribution in [1.82, 2.24) is 0 Å². The molecular weight excluding hydrogens is 689 g/mol. The quantitative estimate of drug-likeness (QED) is 0.181. The van der Waals surface area contributed by atoms with Crippen molar-refractivity contribution < 1.29 is 5.11 Å². The predicted molar refractivity (Wildman–Crippen MR) is 237 cm³/mol. The van der Waals surface area contributed by atoms with Crippen molar-refractivity contribution in [2.75, 3.05) is 0 Å². The zero-order chi connectivity index (χ0) is 37.9. The van der Waals surface area contributed by atoms with Gasteiger partial charge in [-0.05, 0) is 118 Å². The van der Waals surface area contributed by atoms with Crippen molar-refractivity contribution in [1.29, 1.82) is 0 Å². The fraction of sp³-hybridized carbons (Fsp3) is 0.0714. The Morgan fingerprint density at radius 2 is 0.737 bits per heavy atom. The van der Waals surface area contributed by atoms with Gasteiger partial charge in [0.2, 0.25) is 0 Å². The van der Waals surface area contributed by atoms with Crippen LogP contribution in [0.2, 0.25) is 0 Å². The van der Waals surface area contributed by atoms with Crippen LogP contribution in [0.25, 0.3) is 77.5 Å². The standard InChI is InChI=1S/C56H40O/c57-51-35-50-42-25-13-14-26-43(42)54(51)56-53(47-32-30-41(37-19-7-2-8-20-37)34-49(47)39-23-11-4-12-24-39)45-28-16-15-27-44(45)52(55(50)56)46-31-29-40(36-17-5-1-6-18-36)33-48(46)38-21-9-3-10-22-38/h1-34,50-51,54,57H,35H2. The summed E-state index contributed by atoms with van der Waals surface area (Å²) in [6, 6.07) is 75.0. The zero-order valence-electron chi connectivity index (χ0n) is 31.5. The van der Waals surface area contributed by atoms with E-state index in [0.717, 1.165) is 0 Å². The number of hydrogen-bond acceptors (Lipinski definition) is 1. The van der Waals surface area contributed by atoms with E-state index >= 15 is 0 Å². The highest BCUT2D eigenvalue weighted by molar-refractivity contribution is 6.12. The van der Waals surface area contributed by atoms with Crippen LogP contribution in [-0.2, 0) is 0 Å². The molecule has 1 heteroatoms. The monoisotopic (exact) mass is 728 g/mol. The molecule has 270 valence electrons. The first-order valence-corrected chi connectivity index (χ1v) is 20.1. The minimum Gasteiger partial charge on any atom is -0.392 e. The Hall–Kier alpha value is -6.80. The lowest BCUT2D eigenvalue weighted by Crippen LogP contribution is -2.36. The highest BCUT2D eigenvalue weighted by Crippen LogP contribution is 2.61. The summed E-state index contributed by atoms with van der Waals surface area (Å²) >= 11 is 0. The second-order valence-electron chi connectivity index (χ2n) is 15.6. The molecule has 2 bridgehead atoms. The molecule has 0 fully saturated rings. The van der Waals surface area contributed by atoms with Crippen molar-refractivity contribution in [3.8, 4) is 66.8 Å². The van der Waals surface area contributed by atoms with E-state index in [9.17, 15) is 5.11 Å². The lowest BCUT2D eigenvalue weighted by molar-refractivity contribution is 0.124. The summed E-state index contributed by atoms with van der Waals surface area (Å²) in [5.41, 5.74) is 19.7. The normalized spacial score (nSPS) is 16.6. The molecule has 1 N–H and O–H groups in total. The molecule has 0 saturated heterocycles. The van der Waals surface area contributed by atoms with Crippen molar-refractivity contribution in [2.24, 2.45) is 0 Å². The van der Waals surface area contributed by atoms with Gasteiger partial charge in [-0.15, -0.1) is 0 Å². The van der Waals surface area contributed by atoms with Gasteiger partial charge in [0.15, 0.2) is 0 Å². The van der Waals surface area contributed by atoms with Crippen LogP contribution in [0.15, 0.2) is 206 Å². The molecule has 0 aliphatic heterocycles. The molecule has 3 unspecified atom stereocenters. The SMILES string of the molecule is OC1CC2c3ccccc3C1c1c2c(-c2ccc(-c3ccccc3)cc2-c2ccccc2)c2ccccc2c1-c1ccc(-c2ccccc2)cc1-c1ccccc1. The largest absolute Gasteiger partial charge is 0.392 e. The molecule has 9 aromatic carbocycles. The van der Waals surface area contributed by atoms with E-state index in [1.807, 2.05) is 0 Å². The fourth-order valence-electron chi connectivity index (χ4n) is 10.0. The summed E-state index contributed by atoms with van der Waals surface area (Å²) in [5, 5.41) is 14.7. The lowest BCUT2D eigenvalue weighted by Gasteiger charge is -2.46. The van der Waals surface area contributed by atoms with E-state index in [1.54, 1.807) is 0 Å². The topological polar surface area (TPSA) is 20.2 Å². The summed E-state index contributed by atoms with van der Waals surface area (Å²) in [6.07, 6.45) is 0.198. The van der Waals surface area contributed by atoms with E-state index in [1.165, 1.54) is 99.8 Å². The average molecular weight is 729 g/mol. The van der Waals surface area contributed by atoms with E-state index in [0.29, 0.717) is 6.42 Å². The molecule has 0 heterocycles. The van der Waals surface area contributed by atoms with Crippen LogP contribution < -0.4 is 0 Å². The third-order valence-corrected chi connectivity index (χ3v) is 12.5.